The van der Waals surface area contributed by atoms with Gasteiger partial charge in [-0.3, -0.25) is 48.2 Å². The smallest absolute Gasteiger partial charge is 0.306 e. The Morgan fingerprint density at radius 2 is 0.905 bits per heavy atom. The molecule has 2 aliphatic rings. The number of imide groups is 2. The number of rotatable bonds is 13. The fourth-order valence-electron chi connectivity index (χ4n) is 4.06. The molecule has 0 bridgehead atoms. The molecule has 2 unspecified atom stereocenters. The molecule has 42 heavy (non-hydrogen) atoms. The van der Waals surface area contributed by atoms with Gasteiger partial charge in [-0.05, 0) is 54.4 Å². The molecule has 0 aliphatic carbocycles. The van der Waals surface area contributed by atoms with Gasteiger partial charge in [-0.1, -0.05) is 0 Å². The maximum atomic E-state index is 13.5. The van der Waals surface area contributed by atoms with Gasteiger partial charge in [0.2, 0.25) is 11.8 Å². The molecule has 2 aliphatic heterocycles. The number of ether oxygens (including phenoxy) is 2. The highest BCUT2D eigenvalue weighted by atomic mass is 16.6. The molecule has 6 amide bonds. The summed E-state index contributed by atoms with van der Waals surface area (Å²) < 4.78 is 10.4. The minimum absolute atomic E-state index is 0.0556. The first kappa shape index (κ1) is 33.8. The standard InChI is InChI=1S/C28H38N4O10/c1-27(2,3)41-21(37)9-7-15-29-25(39)23(31-17(33)11-12-18(31)34)24(32-19(35)13-14-20(32)36)26(40)30-16-8-10-22(38)42-28(4,5)6/h11-14,23-24H,7-10,15-16H2,1-6H3,(H,29,39)(H,30,40). The van der Waals surface area contributed by atoms with Crippen molar-refractivity contribution in [2.45, 2.75) is 90.5 Å². The van der Waals surface area contributed by atoms with Gasteiger partial charge < -0.3 is 20.1 Å². The zero-order valence-electron chi connectivity index (χ0n) is 24.7. The van der Waals surface area contributed by atoms with E-state index >= 15 is 0 Å². The molecular weight excluding hydrogens is 552 g/mol. The van der Waals surface area contributed by atoms with Gasteiger partial charge in [0.15, 0.2) is 0 Å². The summed E-state index contributed by atoms with van der Waals surface area (Å²) in [5.74, 6) is -6.74. The van der Waals surface area contributed by atoms with E-state index in [9.17, 15) is 38.4 Å². The quantitative estimate of drug-likeness (QED) is 0.169. The average Bonchev–Trinajstić information content (AvgIpc) is 3.35. The van der Waals surface area contributed by atoms with Crippen molar-refractivity contribution in [1.29, 1.82) is 0 Å². The molecule has 2 rings (SSSR count). The van der Waals surface area contributed by atoms with Crippen molar-refractivity contribution < 1.29 is 47.8 Å². The minimum atomic E-state index is -1.93. The summed E-state index contributed by atoms with van der Waals surface area (Å²) in [6.45, 7) is 10.00. The third-order valence-corrected chi connectivity index (χ3v) is 5.63. The Labute approximate surface area is 243 Å². The number of hydrogen-bond donors (Lipinski definition) is 2. The van der Waals surface area contributed by atoms with Crippen LogP contribution < -0.4 is 10.6 Å². The average molecular weight is 591 g/mol. The molecule has 14 nitrogen and oxygen atoms in total. The van der Waals surface area contributed by atoms with Crippen molar-refractivity contribution in [2.24, 2.45) is 0 Å². The highest BCUT2D eigenvalue weighted by Crippen LogP contribution is 2.21. The summed E-state index contributed by atoms with van der Waals surface area (Å²) in [7, 11) is 0. The molecule has 0 aromatic rings. The second-order valence-electron chi connectivity index (χ2n) is 11.6. The van der Waals surface area contributed by atoms with E-state index in [1.54, 1.807) is 41.5 Å². The van der Waals surface area contributed by atoms with E-state index in [4.69, 9.17) is 9.47 Å². The van der Waals surface area contributed by atoms with Gasteiger partial charge >= 0.3 is 11.9 Å². The van der Waals surface area contributed by atoms with Crippen LogP contribution in [-0.2, 0) is 47.8 Å². The van der Waals surface area contributed by atoms with Crippen LogP contribution in [0.3, 0.4) is 0 Å². The molecule has 0 saturated heterocycles. The van der Waals surface area contributed by atoms with Crippen LogP contribution >= 0.6 is 0 Å². The van der Waals surface area contributed by atoms with Crippen LogP contribution in [0.4, 0.5) is 0 Å². The Kier molecular flexibility index (Phi) is 11.3. The second-order valence-corrected chi connectivity index (χ2v) is 11.6. The molecule has 14 heteroatoms. The van der Waals surface area contributed by atoms with Crippen LogP contribution in [-0.4, -0.2) is 93.6 Å². The number of nitrogens with zero attached hydrogens (tertiary/aromatic N) is 2. The maximum absolute atomic E-state index is 13.5. The van der Waals surface area contributed by atoms with Gasteiger partial charge in [-0.25, -0.2) is 0 Å². The van der Waals surface area contributed by atoms with Gasteiger partial charge in [0.05, 0.1) is 0 Å². The topological polar surface area (TPSA) is 186 Å². The Bertz CT molecular complexity index is 1060. The largest absolute Gasteiger partial charge is 0.460 e. The second kappa shape index (κ2) is 14.0. The Morgan fingerprint density at radius 1 is 0.619 bits per heavy atom. The lowest BCUT2D eigenvalue weighted by atomic mass is 10.0. The fourth-order valence-corrected chi connectivity index (χ4v) is 4.06. The molecule has 0 fully saturated rings. The van der Waals surface area contributed by atoms with Gasteiger partial charge in [0.1, 0.15) is 23.3 Å². The van der Waals surface area contributed by atoms with Crippen LogP contribution in [0.1, 0.15) is 67.2 Å². The number of esters is 2. The molecule has 0 spiro atoms. The van der Waals surface area contributed by atoms with Gasteiger partial charge in [-0.15, -0.1) is 0 Å². The normalized spacial score (nSPS) is 16.5. The van der Waals surface area contributed by atoms with E-state index in [-0.39, 0.29) is 38.8 Å². The predicted molar refractivity (Wildman–Crippen MR) is 146 cm³/mol. The van der Waals surface area contributed by atoms with Crippen molar-refractivity contribution in [3.63, 3.8) is 0 Å². The summed E-state index contributed by atoms with van der Waals surface area (Å²) in [4.78, 5) is 102. The monoisotopic (exact) mass is 590 g/mol. The van der Waals surface area contributed by atoms with Crippen molar-refractivity contribution in [2.75, 3.05) is 13.1 Å². The summed E-state index contributed by atoms with van der Waals surface area (Å²) in [5.41, 5.74) is -1.41. The van der Waals surface area contributed by atoms with Crippen LogP contribution in [0.2, 0.25) is 0 Å². The number of hydrogen-bond acceptors (Lipinski definition) is 10. The van der Waals surface area contributed by atoms with Crippen LogP contribution in [0.25, 0.3) is 0 Å². The molecular formula is C28H38N4O10. The lowest BCUT2D eigenvalue weighted by molar-refractivity contribution is -0.157. The molecule has 0 aromatic carbocycles. The van der Waals surface area contributed by atoms with E-state index in [2.05, 4.69) is 10.6 Å². The number of amides is 6. The first-order valence-corrected chi connectivity index (χ1v) is 13.5. The van der Waals surface area contributed by atoms with Gasteiger partial charge in [-0.2, -0.15) is 0 Å². The van der Waals surface area contributed by atoms with Crippen molar-refractivity contribution in [3.8, 4) is 0 Å². The summed E-state index contributed by atoms with van der Waals surface area (Å²) in [6, 6.07) is -3.86. The highest BCUT2D eigenvalue weighted by molar-refractivity contribution is 6.18. The van der Waals surface area contributed by atoms with Crippen molar-refractivity contribution in [1.82, 2.24) is 20.4 Å². The fraction of sp³-hybridized carbons (Fsp3) is 0.571. The Hall–Kier alpha value is -4.36. The lowest BCUT2D eigenvalue weighted by Gasteiger charge is -2.35. The summed E-state index contributed by atoms with van der Waals surface area (Å²) in [6.07, 6.45) is 3.72. The first-order chi connectivity index (χ1) is 19.4. The lowest BCUT2D eigenvalue weighted by Crippen LogP contribution is -2.65. The molecule has 2 atom stereocenters. The molecule has 0 radical (unpaired) electrons. The molecule has 2 heterocycles. The number of nitrogens with one attached hydrogen (secondary N) is 2. The predicted octanol–water partition coefficient (Wildman–Crippen LogP) is 0.0498. The zero-order valence-corrected chi connectivity index (χ0v) is 24.7. The van der Waals surface area contributed by atoms with E-state index in [1.165, 1.54) is 0 Å². The summed E-state index contributed by atoms with van der Waals surface area (Å²) >= 11 is 0. The highest BCUT2D eigenvalue weighted by Gasteiger charge is 2.50. The third kappa shape index (κ3) is 9.93. The maximum Gasteiger partial charge on any atom is 0.306 e. The third-order valence-electron chi connectivity index (χ3n) is 5.63. The van der Waals surface area contributed by atoms with Crippen molar-refractivity contribution >= 4 is 47.4 Å². The van der Waals surface area contributed by atoms with Crippen molar-refractivity contribution in [3.05, 3.63) is 24.3 Å². The number of carbonyl (C=O) groups is 8. The van der Waals surface area contributed by atoms with Gasteiger partial charge in [0.25, 0.3) is 23.6 Å². The molecule has 2 N–H and O–H groups in total. The molecule has 0 saturated carbocycles. The van der Waals surface area contributed by atoms with Crippen LogP contribution in [0.5, 0.6) is 0 Å². The SMILES string of the molecule is CC(C)(C)OC(=O)CCCNC(=O)C(C(C(=O)NCCCC(=O)OC(C)(C)C)N1C(=O)C=CC1=O)N1C(=O)C=CC1=O. The van der Waals surface area contributed by atoms with E-state index in [0.717, 1.165) is 24.3 Å². The Morgan fingerprint density at radius 3 is 1.17 bits per heavy atom. The summed E-state index contributed by atoms with van der Waals surface area (Å²) in [5, 5.41) is 4.96. The molecule has 230 valence electrons. The van der Waals surface area contributed by atoms with E-state index in [0.29, 0.717) is 9.80 Å². The van der Waals surface area contributed by atoms with Crippen LogP contribution in [0, 0.1) is 0 Å². The Balaban J connectivity index is 2.24. The van der Waals surface area contributed by atoms with Gasteiger partial charge in [0, 0.05) is 50.2 Å². The zero-order chi connectivity index (χ0) is 31.8. The van der Waals surface area contributed by atoms with Crippen LogP contribution in [0.15, 0.2) is 24.3 Å². The first-order valence-electron chi connectivity index (χ1n) is 13.5. The number of carbonyl (C=O) groups excluding carboxylic acids is 8. The van der Waals surface area contributed by atoms with E-state index < -0.39 is 70.7 Å². The molecule has 0 aromatic heterocycles. The van der Waals surface area contributed by atoms with E-state index in [1.807, 2.05) is 0 Å². The minimum Gasteiger partial charge on any atom is -0.460 e.